The SMILES string of the molecule is c1cnc2c(c1)nc(C1CCSC1)n2C1CCC1. The third-order valence-electron chi connectivity index (χ3n) is 4.21. The molecule has 1 atom stereocenters. The Hall–Kier alpha value is -1.03. The zero-order valence-electron chi connectivity index (χ0n) is 10.4. The van der Waals surface area contributed by atoms with E-state index in [1.807, 2.05) is 12.3 Å². The standard InChI is InChI=1S/C14H17N3S/c1-3-11(4-1)17-13(10-6-8-18-9-10)16-12-5-2-7-15-14(12)17/h2,5,7,10-11H,1,3-4,6,8-9H2. The van der Waals surface area contributed by atoms with Gasteiger partial charge < -0.3 is 4.57 Å². The topological polar surface area (TPSA) is 30.7 Å². The van der Waals surface area contributed by atoms with Gasteiger partial charge in [-0.3, -0.25) is 0 Å². The molecule has 4 heteroatoms. The van der Waals surface area contributed by atoms with Gasteiger partial charge in [0.05, 0.1) is 0 Å². The zero-order valence-corrected chi connectivity index (χ0v) is 11.2. The molecule has 0 spiro atoms. The molecule has 0 N–H and O–H groups in total. The summed E-state index contributed by atoms with van der Waals surface area (Å²) < 4.78 is 2.45. The Morgan fingerprint density at radius 1 is 1.28 bits per heavy atom. The molecule has 1 aliphatic carbocycles. The monoisotopic (exact) mass is 259 g/mol. The first-order valence-electron chi connectivity index (χ1n) is 6.84. The molecule has 0 aromatic carbocycles. The maximum Gasteiger partial charge on any atom is 0.160 e. The number of thioether (sulfide) groups is 1. The van der Waals surface area contributed by atoms with Crippen LogP contribution in [0.5, 0.6) is 0 Å². The van der Waals surface area contributed by atoms with Crippen LogP contribution in [0.25, 0.3) is 11.2 Å². The van der Waals surface area contributed by atoms with E-state index in [9.17, 15) is 0 Å². The lowest BCUT2D eigenvalue weighted by atomic mass is 9.92. The van der Waals surface area contributed by atoms with E-state index < -0.39 is 0 Å². The first-order chi connectivity index (χ1) is 8.93. The lowest BCUT2D eigenvalue weighted by Crippen LogP contribution is -2.21. The van der Waals surface area contributed by atoms with E-state index >= 15 is 0 Å². The van der Waals surface area contributed by atoms with Gasteiger partial charge in [-0.25, -0.2) is 9.97 Å². The molecule has 1 saturated carbocycles. The first-order valence-corrected chi connectivity index (χ1v) is 7.99. The summed E-state index contributed by atoms with van der Waals surface area (Å²) in [6.45, 7) is 0. The fourth-order valence-electron chi connectivity index (χ4n) is 2.98. The van der Waals surface area contributed by atoms with Crippen LogP contribution in [0.1, 0.15) is 43.5 Å². The number of rotatable bonds is 2. The molecule has 94 valence electrons. The molecule has 3 nitrogen and oxygen atoms in total. The van der Waals surface area contributed by atoms with Crippen molar-refractivity contribution in [2.45, 2.75) is 37.6 Å². The van der Waals surface area contributed by atoms with Crippen LogP contribution >= 0.6 is 11.8 Å². The maximum absolute atomic E-state index is 4.88. The molecule has 4 rings (SSSR count). The van der Waals surface area contributed by atoms with Crippen molar-refractivity contribution in [3.8, 4) is 0 Å². The zero-order chi connectivity index (χ0) is 11.9. The number of nitrogens with zero attached hydrogens (tertiary/aromatic N) is 3. The van der Waals surface area contributed by atoms with Crippen molar-refractivity contribution < 1.29 is 0 Å². The van der Waals surface area contributed by atoms with E-state index in [0.717, 1.165) is 11.2 Å². The molecule has 0 bridgehead atoms. The Bertz CT molecular complexity index is 567. The average Bonchev–Trinajstić information content (AvgIpc) is 2.94. The molecule has 0 radical (unpaired) electrons. The minimum atomic E-state index is 0.643. The molecule has 18 heavy (non-hydrogen) atoms. The van der Waals surface area contributed by atoms with Crippen molar-refractivity contribution in [3.63, 3.8) is 0 Å². The van der Waals surface area contributed by atoms with Gasteiger partial charge in [0, 0.05) is 23.9 Å². The fraction of sp³-hybridized carbons (Fsp3) is 0.571. The van der Waals surface area contributed by atoms with Crippen molar-refractivity contribution in [2.75, 3.05) is 11.5 Å². The summed E-state index contributed by atoms with van der Waals surface area (Å²) in [7, 11) is 0. The lowest BCUT2D eigenvalue weighted by molar-refractivity contribution is 0.308. The number of hydrogen-bond donors (Lipinski definition) is 0. The van der Waals surface area contributed by atoms with Gasteiger partial charge in [-0.1, -0.05) is 0 Å². The molecule has 1 aliphatic heterocycles. The molecule has 2 aromatic heterocycles. The molecular weight excluding hydrogens is 242 g/mol. The van der Waals surface area contributed by atoms with Crippen molar-refractivity contribution in [3.05, 3.63) is 24.2 Å². The van der Waals surface area contributed by atoms with Gasteiger partial charge in [-0.2, -0.15) is 11.8 Å². The van der Waals surface area contributed by atoms with Gasteiger partial charge in [0.2, 0.25) is 0 Å². The van der Waals surface area contributed by atoms with Gasteiger partial charge in [0.25, 0.3) is 0 Å². The highest BCUT2D eigenvalue weighted by Gasteiger charge is 2.30. The van der Waals surface area contributed by atoms with Crippen LogP contribution in [-0.2, 0) is 0 Å². The first kappa shape index (κ1) is 10.9. The predicted octanol–water partition coefficient (Wildman–Crippen LogP) is 3.38. The van der Waals surface area contributed by atoms with E-state index in [0.29, 0.717) is 12.0 Å². The molecule has 2 aliphatic rings. The highest BCUT2D eigenvalue weighted by atomic mass is 32.2. The summed E-state index contributed by atoms with van der Waals surface area (Å²) in [5.41, 5.74) is 2.19. The van der Waals surface area contributed by atoms with Gasteiger partial charge in [-0.05, 0) is 43.6 Å². The Balaban J connectivity index is 1.88. The van der Waals surface area contributed by atoms with E-state index in [4.69, 9.17) is 4.98 Å². The Kier molecular flexibility index (Phi) is 2.57. The van der Waals surface area contributed by atoms with Crippen molar-refractivity contribution in [2.24, 2.45) is 0 Å². The third kappa shape index (κ3) is 1.58. The van der Waals surface area contributed by atoms with Crippen LogP contribution in [0, 0.1) is 0 Å². The molecule has 2 fully saturated rings. The van der Waals surface area contributed by atoms with Crippen LogP contribution in [0.3, 0.4) is 0 Å². The third-order valence-corrected chi connectivity index (χ3v) is 5.37. The minimum Gasteiger partial charge on any atom is -0.309 e. The van der Waals surface area contributed by atoms with Crippen LogP contribution in [0.4, 0.5) is 0 Å². The molecular formula is C14H17N3S. The van der Waals surface area contributed by atoms with Gasteiger partial charge in [-0.15, -0.1) is 0 Å². The molecule has 2 aromatic rings. The van der Waals surface area contributed by atoms with Gasteiger partial charge in [0.1, 0.15) is 11.3 Å². The van der Waals surface area contributed by atoms with E-state index in [-0.39, 0.29) is 0 Å². The highest BCUT2D eigenvalue weighted by Crippen LogP contribution is 2.40. The lowest BCUT2D eigenvalue weighted by Gasteiger charge is -2.29. The normalized spacial score (nSPS) is 24.6. The Morgan fingerprint density at radius 2 is 2.22 bits per heavy atom. The number of hydrogen-bond acceptors (Lipinski definition) is 3. The molecule has 1 unspecified atom stereocenters. The number of pyridine rings is 1. The highest BCUT2D eigenvalue weighted by molar-refractivity contribution is 7.99. The second-order valence-corrected chi connectivity index (χ2v) is 6.48. The van der Waals surface area contributed by atoms with Crippen molar-refractivity contribution in [1.82, 2.24) is 14.5 Å². The second-order valence-electron chi connectivity index (χ2n) is 5.33. The van der Waals surface area contributed by atoms with E-state index in [2.05, 4.69) is 27.4 Å². The van der Waals surface area contributed by atoms with Crippen molar-refractivity contribution >= 4 is 22.9 Å². The van der Waals surface area contributed by atoms with Crippen LogP contribution in [0.15, 0.2) is 18.3 Å². The largest absolute Gasteiger partial charge is 0.309 e. The summed E-state index contributed by atoms with van der Waals surface area (Å²) in [6.07, 6.45) is 7.13. The second kappa shape index (κ2) is 4.26. The van der Waals surface area contributed by atoms with Crippen LogP contribution in [-0.4, -0.2) is 26.0 Å². The smallest absolute Gasteiger partial charge is 0.160 e. The maximum atomic E-state index is 4.88. The summed E-state index contributed by atoms with van der Waals surface area (Å²) in [4.78, 5) is 9.45. The van der Waals surface area contributed by atoms with Crippen molar-refractivity contribution in [1.29, 1.82) is 0 Å². The molecule has 0 amide bonds. The summed E-state index contributed by atoms with van der Waals surface area (Å²) >= 11 is 2.06. The summed E-state index contributed by atoms with van der Waals surface area (Å²) in [5, 5.41) is 0. The summed E-state index contributed by atoms with van der Waals surface area (Å²) in [5.74, 6) is 4.46. The number of imidazole rings is 1. The van der Waals surface area contributed by atoms with Crippen LogP contribution < -0.4 is 0 Å². The molecule has 3 heterocycles. The quantitative estimate of drug-likeness (QED) is 0.828. The predicted molar refractivity (Wildman–Crippen MR) is 75.1 cm³/mol. The Labute approximate surface area is 111 Å². The fourth-order valence-corrected chi connectivity index (χ4v) is 4.20. The van der Waals surface area contributed by atoms with Crippen LogP contribution in [0.2, 0.25) is 0 Å². The molecule has 1 saturated heterocycles. The van der Waals surface area contributed by atoms with E-state index in [1.54, 1.807) is 0 Å². The van der Waals surface area contributed by atoms with E-state index in [1.165, 1.54) is 43.0 Å². The Morgan fingerprint density at radius 3 is 2.94 bits per heavy atom. The van der Waals surface area contributed by atoms with Gasteiger partial charge >= 0.3 is 0 Å². The average molecular weight is 259 g/mol. The van der Waals surface area contributed by atoms with Gasteiger partial charge in [0.15, 0.2) is 5.65 Å². The number of fused-ring (bicyclic) bond motifs is 1. The number of aromatic nitrogens is 3. The summed E-state index contributed by atoms with van der Waals surface area (Å²) in [6, 6.07) is 4.75. The minimum absolute atomic E-state index is 0.643.